The largest absolute Gasteiger partial charge is 0.378 e. The normalized spacial score (nSPS) is 27.4. The molecule has 3 nitrogen and oxygen atoms in total. The van der Waals surface area contributed by atoms with Crippen LogP contribution in [0.2, 0.25) is 10.0 Å². The second-order valence-corrected chi connectivity index (χ2v) is 10.2. The molecule has 2 fully saturated rings. The maximum absolute atomic E-state index is 13.0. The average Bonchev–Trinajstić information content (AvgIpc) is 3.44. The Labute approximate surface area is 198 Å². The van der Waals surface area contributed by atoms with Gasteiger partial charge in [-0.3, -0.25) is 4.79 Å². The van der Waals surface area contributed by atoms with Crippen molar-refractivity contribution in [2.24, 2.45) is 17.8 Å². The van der Waals surface area contributed by atoms with Crippen LogP contribution in [0.15, 0.2) is 66.7 Å². The van der Waals surface area contributed by atoms with Crippen LogP contribution >= 0.6 is 23.2 Å². The molecule has 0 aromatic heterocycles. The highest BCUT2D eigenvalue weighted by molar-refractivity contribution is 6.42. The van der Waals surface area contributed by atoms with E-state index in [1.165, 1.54) is 36.1 Å². The Morgan fingerprint density at radius 2 is 1.72 bits per heavy atom. The number of hydrogen-bond acceptors (Lipinski definition) is 2. The van der Waals surface area contributed by atoms with Gasteiger partial charge in [0, 0.05) is 16.9 Å². The predicted octanol–water partition coefficient (Wildman–Crippen LogP) is 7.54. The highest BCUT2D eigenvalue weighted by Crippen LogP contribution is 2.63. The first-order valence-electron chi connectivity index (χ1n) is 11.3. The molecular formula is C27H24Cl2N2O. The van der Waals surface area contributed by atoms with Gasteiger partial charge in [0.1, 0.15) is 0 Å². The molecule has 2 saturated carbocycles. The Morgan fingerprint density at radius 3 is 2.53 bits per heavy atom. The smallest absolute Gasteiger partial charge is 0.255 e. The monoisotopic (exact) mass is 462 g/mol. The quantitative estimate of drug-likeness (QED) is 0.421. The minimum atomic E-state index is -0.129. The van der Waals surface area contributed by atoms with Crippen LogP contribution in [0.5, 0.6) is 0 Å². The number of carbonyl (C=O) groups excluding carboxylic acids is 1. The molecule has 2 N–H and O–H groups in total. The standard InChI is InChI=1S/C27H24Cl2N2O/c28-21-10-9-19(14-22(21)29)30-27(32)18-8-11-23-20(13-18)24-16-6-7-17(12-16)25(24)26(31-23)15-4-2-1-3-5-15/h1-5,8-11,13-14,16-17,24-26,31H,6-7,12H2,(H,30,32)/t16-,17-,24-,25+,26-/m0/s1. The summed E-state index contributed by atoms with van der Waals surface area (Å²) in [5.74, 6) is 2.43. The molecule has 0 spiro atoms. The minimum absolute atomic E-state index is 0.129. The highest BCUT2D eigenvalue weighted by atomic mass is 35.5. The number of hydrogen-bond donors (Lipinski definition) is 2. The Bertz CT molecular complexity index is 1200. The van der Waals surface area contributed by atoms with Crippen LogP contribution in [0.4, 0.5) is 11.4 Å². The predicted molar refractivity (Wildman–Crippen MR) is 131 cm³/mol. The molecule has 0 radical (unpaired) electrons. The lowest BCUT2D eigenvalue weighted by molar-refractivity contribution is 0.102. The zero-order valence-electron chi connectivity index (χ0n) is 17.5. The van der Waals surface area contributed by atoms with E-state index in [0.717, 1.165) is 5.92 Å². The Balaban J connectivity index is 1.34. The van der Waals surface area contributed by atoms with Crippen molar-refractivity contribution in [1.29, 1.82) is 0 Å². The van der Waals surface area contributed by atoms with Crippen molar-refractivity contribution in [1.82, 2.24) is 0 Å². The van der Waals surface area contributed by atoms with Gasteiger partial charge in [-0.1, -0.05) is 53.5 Å². The van der Waals surface area contributed by atoms with Crippen molar-refractivity contribution in [3.05, 3.63) is 93.5 Å². The first-order chi connectivity index (χ1) is 15.6. The zero-order chi connectivity index (χ0) is 21.8. The third-order valence-electron chi connectivity index (χ3n) is 7.69. The minimum Gasteiger partial charge on any atom is -0.378 e. The van der Waals surface area contributed by atoms with Gasteiger partial charge in [-0.25, -0.2) is 0 Å². The van der Waals surface area contributed by atoms with Crippen molar-refractivity contribution in [2.75, 3.05) is 10.6 Å². The van der Waals surface area contributed by atoms with Gasteiger partial charge >= 0.3 is 0 Å². The number of amides is 1. The van der Waals surface area contributed by atoms with E-state index < -0.39 is 0 Å². The van der Waals surface area contributed by atoms with Gasteiger partial charge in [0.25, 0.3) is 5.91 Å². The van der Waals surface area contributed by atoms with E-state index in [4.69, 9.17) is 23.2 Å². The van der Waals surface area contributed by atoms with Gasteiger partial charge in [-0.15, -0.1) is 0 Å². The number of fused-ring (bicyclic) bond motifs is 7. The molecule has 2 aliphatic carbocycles. The van der Waals surface area contributed by atoms with E-state index in [-0.39, 0.29) is 5.91 Å². The number of halogens is 2. The molecule has 0 saturated heterocycles. The summed E-state index contributed by atoms with van der Waals surface area (Å²) in [6.45, 7) is 0. The zero-order valence-corrected chi connectivity index (χ0v) is 19.0. The molecular weight excluding hydrogens is 439 g/mol. The second-order valence-electron chi connectivity index (χ2n) is 9.35. The summed E-state index contributed by atoms with van der Waals surface area (Å²) in [6, 6.07) is 22.4. The second kappa shape index (κ2) is 7.83. The summed E-state index contributed by atoms with van der Waals surface area (Å²) in [5, 5.41) is 7.69. The maximum atomic E-state index is 13.0. The molecule has 5 heteroatoms. The number of benzene rings is 3. The van der Waals surface area contributed by atoms with E-state index in [1.807, 2.05) is 6.07 Å². The van der Waals surface area contributed by atoms with Crippen molar-refractivity contribution >= 4 is 40.5 Å². The Kier molecular flexibility index (Phi) is 4.93. The molecule has 3 aromatic carbocycles. The molecule has 6 rings (SSSR count). The summed E-state index contributed by atoms with van der Waals surface area (Å²) < 4.78 is 0. The maximum Gasteiger partial charge on any atom is 0.255 e. The molecule has 0 unspecified atom stereocenters. The summed E-state index contributed by atoms with van der Waals surface area (Å²) in [7, 11) is 0. The highest BCUT2D eigenvalue weighted by Gasteiger charge is 2.53. The fourth-order valence-electron chi connectivity index (χ4n) is 6.39. The molecule has 1 amide bonds. The van der Waals surface area contributed by atoms with Gasteiger partial charge in [-0.2, -0.15) is 0 Å². The SMILES string of the molecule is O=C(Nc1ccc(Cl)c(Cl)c1)c1ccc2c(c1)[C@@H]1[C@H]3CC[C@@H](C3)[C@H]1[C@H](c1ccccc1)N2. The van der Waals surface area contributed by atoms with E-state index >= 15 is 0 Å². The number of nitrogens with one attached hydrogen (secondary N) is 2. The summed E-state index contributed by atoms with van der Waals surface area (Å²) in [5.41, 5.74) is 5.15. The van der Waals surface area contributed by atoms with Crippen LogP contribution in [-0.2, 0) is 0 Å². The number of carbonyl (C=O) groups is 1. The lowest BCUT2D eigenvalue weighted by Crippen LogP contribution is -2.35. The van der Waals surface area contributed by atoms with Crippen LogP contribution in [0.3, 0.4) is 0 Å². The van der Waals surface area contributed by atoms with Crippen LogP contribution < -0.4 is 10.6 Å². The van der Waals surface area contributed by atoms with Gasteiger partial charge in [0.05, 0.1) is 16.1 Å². The molecule has 3 aliphatic rings. The third kappa shape index (κ3) is 3.30. The lowest BCUT2D eigenvalue weighted by Gasteiger charge is -2.43. The van der Waals surface area contributed by atoms with Crippen molar-refractivity contribution in [2.45, 2.75) is 31.2 Å². The average molecular weight is 463 g/mol. The number of anilines is 2. The van der Waals surface area contributed by atoms with Gasteiger partial charge in [0.15, 0.2) is 0 Å². The molecule has 162 valence electrons. The molecule has 1 aliphatic heterocycles. The van der Waals surface area contributed by atoms with Crippen LogP contribution in [0.1, 0.15) is 52.7 Å². The van der Waals surface area contributed by atoms with E-state index in [2.05, 4.69) is 53.1 Å². The topological polar surface area (TPSA) is 41.1 Å². The van der Waals surface area contributed by atoms with E-state index in [9.17, 15) is 4.79 Å². The van der Waals surface area contributed by atoms with Crippen molar-refractivity contribution in [3.63, 3.8) is 0 Å². The van der Waals surface area contributed by atoms with Gasteiger partial charge < -0.3 is 10.6 Å². The fourth-order valence-corrected chi connectivity index (χ4v) is 6.69. The number of rotatable bonds is 3. The Hall–Kier alpha value is -2.49. The first-order valence-corrected chi connectivity index (χ1v) is 12.1. The molecule has 1 heterocycles. The van der Waals surface area contributed by atoms with Crippen LogP contribution in [-0.4, -0.2) is 5.91 Å². The van der Waals surface area contributed by atoms with Crippen LogP contribution in [0.25, 0.3) is 0 Å². The molecule has 32 heavy (non-hydrogen) atoms. The van der Waals surface area contributed by atoms with Gasteiger partial charge in [-0.05, 0) is 90.5 Å². The van der Waals surface area contributed by atoms with Crippen LogP contribution in [0, 0.1) is 17.8 Å². The lowest BCUT2D eigenvalue weighted by atomic mass is 9.68. The van der Waals surface area contributed by atoms with E-state index in [1.54, 1.807) is 18.2 Å². The third-order valence-corrected chi connectivity index (χ3v) is 8.42. The summed E-state index contributed by atoms with van der Waals surface area (Å²) >= 11 is 12.1. The van der Waals surface area contributed by atoms with Crippen molar-refractivity contribution < 1.29 is 4.79 Å². The first kappa shape index (κ1) is 20.1. The fraction of sp³-hybridized carbons (Fsp3) is 0.296. The molecule has 2 bridgehead atoms. The van der Waals surface area contributed by atoms with Crippen molar-refractivity contribution in [3.8, 4) is 0 Å². The van der Waals surface area contributed by atoms with E-state index in [0.29, 0.717) is 45.1 Å². The Morgan fingerprint density at radius 1 is 0.906 bits per heavy atom. The summed E-state index contributed by atoms with van der Waals surface area (Å²) in [4.78, 5) is 13.0. The van der Waals surface area contributed by atoms with Gasteiger partial charge in [0.2, 0.25) is 0 Å². The molecule has 5 atom stereocenters. The summed E-state index contributed by atoms with van der Waals surface area (Å²) in [6.07, 6.45) is 3.93. The molecule has 3 aromatic rings.